The first-order valence-electron chi connectivity index (χ1n) is 9.07. The number of thioether (sulfide) groups is 2. The second kappa shape index (κ2) is 7.56. The molecule has 3 nitrogen and oxygen atoms in total. The summed E-state index contributed by atoms with van der Waals surface area (Å²) in [7, 11) is 0. The van der Waals surface area contributed by atoms with Crippen LogP contribution in [0.15, 0.2) is 57.3 Å². The highest BCUT2D eigenvalue weighted by Crippen LogP contribution is 2.31. The van der Waals surface area contributed by atoms with Gasteiger partial charge in [0, 0.05) is 17.9 Å². The lowest BCUT2D eigenvalue weighted by atomic mass is 10.1. The molecule has 0 atom stereocenters. The van der Waals surface area contributed by atoms with Crippen LogP contribution in [0.25, 0.3) is 5.69 Å². The molecule has 0 aliphatic carbocycles. The van der Waals surface area contributed by atoms with Crippen molar-refractivity contribution in [3.63, 3.8) is 0 Å². The fourth-order valence-corrected chi connectivity index (χ4v) is 5.34. The SMILES string of the molecule is Cc1ccc(CSc2nc3c(c(=O)n2-c2cc(C)cc(C)c2)SCC3)cc1. The summed E-state index contributed by atoms with van der Waals surface area (Å²) in [5.41, 5.74) is 6.73. The second-order valence-electron chi connectivity index (χ2n) is 7.03. The molecule has 1 aliphatic rings. The second-order valence-corrected chi connectivity index (χ2v) is 9.08. The Bertz CT molecular complexity index is 1030. The number of nitrogens with zero attached hydrogens (tertiary/aromatic N) is 2. The highest BCUT2D eigenvalue weighted by atomic mass is 32.2. The van der Waals surface area contributed by atoms with Gasteiger partial charge < -0.3 is 0 Å². The van der Waals surface area contributed by atoms with E-state index in [4.69, 9.17) is 4.98 Å². The molecule has 0 N–H and O–H groups in total. The van der Waals surface area contributed by atoms with E-state index in [2.05, 4.69) is 63.2 Å². The van der Waals surface area contributed by atoms with Crippen molar-refractivity contribution < 1.29 is 0 Å². The van der Waals surface area contributed by atoms with Gasteiger partial charge in [0.15, 0.2) is 5.16 Å². The van der Waals surface area contributed by atoms with Crippen molar-refractivity contribution in [2.24, 2.45) is 0 Å². The van der Waals surface area contributed by atoms with E-state index in [0.29, 0.717) is 0 Å². The van der Waals surface area contributed by atoms with Crippen LogP contribution < -0.4 is 5.56 Å². The van der Waals surface area contributed by atoms with Gasteiger partial charge in [0.2, 0.25) is 0 Å². The summed E-state index contributed by atoms with van der Waals surface area (Å²) in [6.07, 6.45) is 0.876. The molecule has 138 valence electrons. The number of aromatic nitrogens is 2. The van der Waals surface area contributed by atoms with Crippen LogP contribution in [0.1, 0.15) is 27.9 Å². The van der Waals surface area contributed by atoms with Crippen molar-refractivity contribution in [1.82, 2.24) is 9.55 Å². The summed E-state index contributed by atoms with van der Waals surface area (Å²) in [5, 5.41) is 0.784. The molecule has 0 saturated carbocycles. The molecule has 5 heteroatoms. The summed E-state index contributed by atoms with van der Waals surface area (Å²) in [4.78, 5) is 19.0. The van der Waals surface area contributed by atoms with E-state index in [1.165, 1.54) is 11.1 Å². The van der Waals surface area contributed by atoms with Crippen molar-refractivity contribution in [2.75, 3.05) is 5.75 Å². The Balaban J connectivity index is 1.78. The minimum absolute atomic E-state index is 0.0684. The molecule has 1 aliphatic heterocycles. The lowest BCUT2D eigenvalue weighted by Crippen LogP contribution is -2.24. The highest BCUT2D eigenvalue weighted by molar-refractivity contribution is 7.99. The van der Waals surface area contributed by atoms with Crippen LogP contribution in [0, 0.1) is 20.8 Å². The van der Waals surface area contributed by atoms with Gasteiger partial charge in [0.1, 0.15) is 0 Å². The minimum Gasteiger partial charge on any atom is -0.268 e. The molecular weight excluding hydrogens is 372 g/mol. The third-order valence-electron chi connectivity index (χ3n) is 4.62. The molecule has 0 amide bonds. The number of rotatable bonds is 4. The molecule has 0 unspecified atom stereocenters. The van der Waals surface area contributed by atoms with Crippen molar-refractivity contribution in [3.8, 4) is 5.69 Å². The fraction of sp³-hybridized carbons (Fsp3) is 0.273. The van der Waals surface area contributed by atoms with Gasteiger partial charge in [-0.1, -0.05) is 47.7 Å². The lowest BCUT2D eigenvalue weighted by molar-refractivity contribution is 0.738. The number of hydrogen-bond donors (Lipinski definition) is 0. The molecule has 0 saturated heterocycles. The average molecular weight is 395 g/mol. The number of fused-ring (bicyclic) bond motifs is 1. The van der Waals surface area contributed by atoms with Crippen molar-refractivity contribution in [2.45, 2.75) is 43.0 Å². The van der Waals surface area contributed by atoms with E-state index in [1.807, 2.05) is 0 Å². The topological polar surface area (TPSA) is 34.9 Å². The van der Waals surface area contributed by atoms with Crippen molar-refractivity contribution in [1.29, 1.82) is 0 Å². The zero-order valence-electron chi connectivity index (χ0n) is 15.8. The smallest absolute Gasteiger partial charge is 0.268 e. The molecule has 2 aromatic carbocycles. The van der Waals surface area contributed by atoms with E-state index in [9.17, 15) is 4.79 Å². The third kappa shape index (κ3) is 3.85. The summed E-state index contributed by atoms with van der Waals surface area (Å²) in [6, 6.07) is 14.8. The molecule has 27 heavy (non-hydrogen) atoms. The lowest BCUT2D eigenvalue weighted by Gasteiger charge is -2.15. The summed E-state index contributed by atoms with van der Waals surface area (Å²) in [5.74, 6) is 1.74. The predicted octanol–water partition coefficient (Wildman–Crippen LogP) is 5.10. The van der Waals surface area contributed by atoms with E-state index in [1.54, 1.807) is 28.1 Å². The van der Waals surface area contributed by atoms with Gasteiger partial charge in [-0.2, -0.15) is 0 Å². The van der Waals surface area contributed by atoms with Gasteiger partial charge in [0.25, 0.3) is 5.56 Å². The maximum Gasteiger partial charge on any atom is 0.272 e. The molecule has 4 rings (SSSR count). The first-order valence-corrected chi connectivity index (χ1v) is 11.0. The first-order chi connectivity index (χ1) is 13.0. The van der Waals surface area contributed by atoms with Gasteiger partial charge in [-0.3, -0.25) is 9.36 Å². The maximum atomic E-state index is 13.2. The van der Waals surface area contributed by atoms with Crippen LogP contribution in [0.3, 0.4) is 0 Å². The van der Waals surface area contributed by atoms with Crippen LogP contribution in [0.5, 0.6) is 0 Å². The fourth-order valence-electron chi connectivity index (χ4n) is 3.33. The standard InChI is InChI=1S/C22H22N2OS2/c1-14-4-6-17(7-5-14)13-27-22-23-19-8-9-26-20(19)21(25)24(22)18-11-15(2)10-16(3)12-18/h4-7,10-12H,8-9,13H2,1-3H3. The van der Waals surface area contributed by atoms with Crippen LogP contribution in [-0.2, 0) is 12.2 Å². The first kappa shape index (κ1) is 18.4. The molecule has 0 spiro atoms. The van der Waals surface area contributed by atoms with E-state index in [0.717, 1.165) is 50.5 Å². The summed E-state index contributed by atoms with van der Waals surface area (Å²) in [6.45, 7) is 6.22. The highest BCUT2D eigenvalue weighted by Gasteiger charge is 2.22. The van der Waals surface area contributed by atoms with Crippen molar-refractivity contribution in [3.05, 3.63) is 80.8 Å². The molecule has 1 aromatic heterocycles. The minimum atomic E-state index is 0.0684. The van der Waals surface area contributed by atoms with Gasteiger partial charge in [-0.25, -0.2) is 4.98 Å². The molecule has 3 aromatic rings. The van der Waals surface area contributed by atoms with Crippen LogP contribution >= 0.6 is 23.5 Å². The Morgan fingerprint density at radius 1 is 1.04 bits per heavy atom. The van der Waals surface area contributed by atoms with E-state index in [-0.39, 0.29) is 5.56 Å². The summed E-state index contributed by atoms with van der Waals surface area (Å²) >= 11 is 3.27. The quantitative estimate of drug-likeness (QED) is 0.456. The Labute approximate surface area is 168 Å². The maximum absolute atomic E-state index is 13.2. The Morgan fingerprint density at radius 2 is 1.74 bits per heavy atom. The molecule has 2 heterocycles. The average Bonchev–Trinajstić information content (AvgIpc) is 3.09. The Morgan fingerprint density at radius 3 is 2.44 bits per heavy atom. The number of aryl methyl sites for hydroxylation is 4. The Kier molecular flexibility index (Phi) is 5.15. The Hall–Kier alpha value is -1.98. The largest absolute Gasteiger partial charge is 0.272 e. The third-order valence-corrected chi connectivity index (χ3v) is 6.74. The molecule has 0 fully saturated rings. The van der Waals surface area contributed by atoms with E-state index < -0.39 is 0 Å². The normalized spacial score (nSPS) is 13.0. The van der Waals surface area contributed by atoms with Crippen LogP contribution in [0.4, 0.5) is 0 Å². The molecule has 0 bridgehead atoms. The van der Waals surface area contributed by atoms with Gasteiger partial charge in [0.05, 0.1) is 16.3 Å². The molecular formula is C22H22N2OS2. The van der Waals surface area contributed by atoms with Gasteiger partial charge >= 0.3 is 0 Å². The predicted molar refractivity (Wildman–Crippen MR) is 114 cm³/mol. The van der Waals surface area contributed by atoms with Crippen molar-refractivity contribution >= 4 is 23.5 Å². The zero-order valence-corrected chi connectivity index (χ0v) is 17.4. The van der Waals surface area contributed by atoms with Gasteiger partial charge in [-0.15, -0.1) is 11.8 Å². The number of hydrogen-bond acceptors (Lipinski definition) is 4. The monoisotopic (exact) mass is 394 g/mol. The van der Waals surface area contributed by atoms with Gasteiger partial charge in [-0.05, 0) is 49.6 Å². The van der Waals surface area contributed by atoms with Crippen LogP contribution in [-0.4, -0.2) is 15.3 Å². The summed E-state index contributed by atoms with van der Waals surface area (Å²) < 4.78 is 1.80. The van der Waals surface area contributed by atoms with Crippen LogP contribution in [0.2, 0.25) is 0 Å². The molecule has 0 radical (unpaired) electrons. The zero-order chi connectivity index (χ0) is 19.0. The van der Waals surface area contributed by atoms with E-state index >= 15 is 0 Å². The number of benzene rings is 2.